The molecule has 0 radical (unpaired) electrons. The normalized spacial score (nSPS) is 32.2. The van der Waals surface area contributed by atoms with Crippen molar-refractivity contribution in [1.82, 2.24) is 5.32 Å². The number of rotatable bonds is 4. The molecule has 0 aromatic heterocycles. The molecule has 1 N–H and O–H groups in total. The Hall–Kier alpha value is -0.200. The SMILES string of the molecule is CSC1(CNC2CCCCC2C#N)CCCC1. The lowest BCUT2D eigenvalue weighted by molar-refractivity contribution is 0.303. The maximum atomic E-state index is 9.18. The van der Waals surface area contributed by atoms with Crippen LogP contribution in [0.5, 0.6) is 0 Å². The van der Waals surface area contributed by atoms with E-state index >= 15 is 0 Å². The molecule has 17 heavy (non-hydrogen) atoms. The van der Waals surface area contributed by atoms with Crippen molar-refractivity contribution >= 4 is 11.8 Å². The van der Waals surface area contributed by atoms with Gasteiger partial charge in [0, 0.05) is 17.3 Å². The highest BCUT2D eigenvalue weighted by Gasteiger charge is 2.34. The summed E-state index contributed by atoms with van der Waals surface area (Å²) in [6.07, 6.45) is 12.5. The minimum atomic E-state index is 0.254. The van der Waals surface area contributed by atoms with Crippen molar-refractivity contribution in [3.8, 4) is 6.07 Å². The fourth-order valence-electron chi connectivity index (χ4n) is 3.32. The second-order valence-corrected chi connectivity index (χ2v) is 6.88. The zero-order chi connectivity index (χ0) is 12.1. The first kappa shape index (κ1) is 13.2. The highest BCUT2D eigenvalue weighted by atomic mass is 32.2. The average Bonchev–Trinajstić information content (AvgIpc) is 2.86. The van der Waals surface area contributed by atoms with Crippen LogP contribution in [-0.4, -0.2) is 23.6 Å². The maximum Gasteiger partial charge on any atom is 0.0672 e. The molecule has 0 aliphatic heterocycles. The summed E-state index contributed by atoms with van der Waals surface area (Å²) in [6.45, 7) is 1.11. The van der Waals surface area contributed by atoms with Gasteiger partial charge in [0.1, 0.15) is 0 Å². The summed E-state index contributed by atoms with van der Waals surface area (Å²) >= 11 is 2.03. The highest BCUT2D eigenvalue weighted by molar-refractivity contribution is 8.00. The molecule has 2 unspecified atom stereocenters. The molecule has 2 fully saturated rings. The van der Waals surface area contributed by atoms with E-state index in [4.69, 9.17) is 0 Å². The molecule has 2 nitrogen and oxygen atoms in total. The van der Waals surface area contributed by atoms with Crippen molar-refractivity contribution in [2.75, 3.05) is 12.8 Å². The summed E-state index contributed by atoms with van der Waals surface area (Å²) in [7, 11) is 0. The fourth-order valence-corrected chi connectivity index (χ4v) is 4.24. The molecule has 2 saturated carbocycles. The summed E-state index contributed by atoms with van der Waals surface area (Å²) in [4.78, 5) is 0. The van der Waals surface area contributed by atoms with Crippen LogP contribution in [0.15, 0.2) is 0 Å². The zero-order valence-corrected chi connectivity index (χ0v) is 11.7. The standard InChI is InChI=1S/C14H24N2S/c1-17-14(8-4-5-9-14)11-16-13-7-3-2-6-12(13)10-15/h12-13,16H,2-9,11H2,1H3. The van der Waals surface area contributed by atoms with Gasteiger partial charge < -0.3 is 5.32 Å². The van der Waals surface area contributed by atoms with E-state index in [-0.39, 0.29) is 5.92 Å². The van der Waals surface area contributed by atoms with Crippen molar-refractivity contribution in [2.45, 2.75) is 62.2 Å². The first-order chi connectivity index (χ1) is 8.29. The third-order valence-corrected chi connectivity index (χ3v) is 5.98. The Morgan fingerprint density at radius 1 is 1.24 bits per heavy atom. The molecule has 0 heterocycles. The first-order valence-corrected chi connectivity index (χ1v) is 8.20. The van der Waals surface area contributed by atoms with Crippen LogP contribution in [0.2, 0.25) is 0 Å². The van der Waals surface area contributed by atoms with Gasteiger partial charge in [0.05, 0.1) is 12.0 Å². The van der Waals surface area contributed by atoms with Gasteiger partial charge in [0.15, 0.2) is 0 Å². The molecule has 0 amide bonds. The Kier molecular flexibility index (Phi) is 4.76. The van der Waals surface area contributed by atoms with Crippen LogP contribution in [-0.2, 0) is 0 Å². The monoisotopic (exact) mass is 252 g/mol. The summed E-state index contributed by atoms with van der Waals surface area (Å²) in [5.41, 5.74) is 0. The molecule has 2 aliphatic carbocycles. The smallest absolute Gasteiger partial charge is 0.0672 e. The van der Waals surface area contributed by atoms with Crippen LogP contribution >= 0.6 is 11.8 Å². The van der Waals surface area contributed by atoms with Crippen molar-refractivity contribution in [1.29, 1.82) is 5.26 Å². The Bertz CT molecular complexity index is 278. The van der Waals surface area contributed by atoms with Gasteiger partial charge in [-0.05, 0) is 31.9 Å². The van der Waals surface area contributed by atoms with Crippen molar-refractivity contribution in [3.63, 3.8) is 0 Å². The van der Waals surface area contributed by atoms with Gasteiger partial charge in [0.25, 0.3) is 0 Å². The summed E-state index contributed by atoms with van der Waals surface area (Å²) in [6, 6.07) is 2.95. The molecule has 2 atom stereocenters. The van der Waals surface area contributed by atoms with Crippen molar-refractivity contribution in [2.24, 2.45) is 5.92 Å². The van der Waals surface area contributed by atoms with Gasteiger partial charge in [-0.2, -0.15) is 17.0 Å². The second kappa shape index (κ2) is 6.11. The lowest BCUT2D eigenvalue weighted by Crippen LogP contribution is -2.45. The fraction of sp³-hybridized carbons (Fsp3) is 0.929. The molecule has 0 aromatic carbocycles. The van der Waals surface area contributed by atoms with Crippen molar-refractivity contribution in [3.05, 3.63) is 0 Å². The number of nitrogens with zero attached hydrogens (tertiary/aromatic N) is 1. The average molecular weight is 252 g/mol. The topological polar surface area (TPSA) is 35.8 Å². The number of nitrogens with one attached hydrogen (secondary N) is 1. The van der Waals surface area contributed by atoms with Crippen molar-refractivity contribution < 1.29 is 0 Å². The molecule has 2 rings (SSSR count). The van der Waals surface area contributed by atoms with E-state index in [2.05, 4.69) is 17.6 Å². The van der Waals surface area contributed by atoms with E-state index in [0.717, 1.165) is 13.0 Å². The molecule has 2 aliphatic rings. The predicted octanol–water partition coefficient (Wildman–Crippen LogP) is 3.33. The number of hydrogen-bond donors (Lipinski definition) is 1. The molecule has 3 heteroatoms. The van der Waals surface area contributed by atoms with Crippen LogP contribution in [0.4, 0.5) is 0 Å². The van der Waals surface area contributed by atoms with E-state index in [1.807, 2.05) is 11.8 Å². The van der Waals surface area contributed by atoms with E-state index < -0.39 is 0 Å². The number of nitriles is 1. The van der Waals surface area contributed by atoms with E-state index in [9.17, 15) is 5.26 Å². The highest BCUT2D eigenvalue weighted by Crippen LogP contribution is 2.40. The van der Waals surface area contributed by atoms with E-state index in [1.54, 1.807) is 0 Å². The van der Waals surface area contributed by atoms with Crippen LogP contribution in [0, 0.1) is 17.2 Å². The minimum absolute atomic E-state index is 0.254. The lowest BCUT2D eigenvalue weighted by atomic mass is 9.85. The summed E-state index contributed by atoms with van der Waals surface area (Å²) < 4.78 is 0.470. The summed E-state index contributed by atoms with van der Waals surface area (Å²) in [5.74, 6) is 0.254. The molecule has 96 valence electrons. The Balaban J connectivity index is 1.85. The van der Waals surface area contributed by atoms with Gasteiger partial charge in [-0.25, -0.2) is 0 Å². The Morgan fingerprint density at radius 2 is 1.94 bits per heavy atom. The lowest BCUT2D eigenvalue weighted by Gasteiger charge is -2.33. The Morgan fingerprint density at radius 3 is 2.59 bits per heavy atom. The number of hydrogen-bond acceptors (Lipinski definition) is 3. The van der Waals surface area contributed by atoms with Gasteiger partial charge in [-0.3, -0.25) is 0 Å². The van der Waals surface area contributed by atoms with Crippen LogP contribution < -0.4 is 5.32 Å². The van der Waals surface area contributed by atoms with E-state index in [1.165, 1.54) is 44.9 Å². The third-order valence-electron chi connectivity index (χ3n) is 4.57. The first-order valence-electron chi connectivity index (χ1n) is 6.98. The summed E-state index contributed by atoms with van der Waals surface area (Å²) in [5, 5.41) is 12.9. The van der Waals surface area contributed by atoms with Crippen LogP contribution in [0.1, 0.15) is 51.4 Å². The van der Waals surface area contributed by atoms with Gasteiger partial charge in [-0.15, -0.1) is 0 Å². The molecular formula is C14H24N2S. The van der Waals surface area contributed by atoms with E-state index in [0.29, 0.717) is 10.8 Å². The van der Waals surface area contributed by atoms with Gasteiger partial charge in [0.2, 0.25) is 0 Å². The Labute approximate surface area is 110 Å². The second-order valence-electron chi connectivity index (χ2n) is 5.60. The molecule has 0 spiro atoms. The molecule has 0 aromatic rings. The molecular weight excluding hydrogens is 228 g/mol. The quantitative estimate of drug-likeness (QED) is 0.833. The number of thioether (sulfide) groups is 1. The largest absolute Gasteiger partial charge is 0.311 e. The third kappa shape index (κ3) is 3.17. The zero-order valence-electron chi connectivity index (χ0n) is 10.9. The van der Waals surface area contributed by atoms with Gasteiger partial charge >= 0.3 is 0 Å². The van der Waals surface area contributed by atoms with Gasteiger partial charge in [-0.1, -0.05) is 25.7 Å². The maximum absolute atomic E-state index is 9.18. The van der Waals surface area contributed by atoms with Crippen LogP contribution in [0.25, 0.3) is 0 Å². The minimum Gasteiger partial charge on any atom is -0.311 e. The van der Waals surface area contributed by atoms with Crippen LogP contribution in [0.3, 0.4) is 0 Å². The molecule has 0 bridgehead atoms. The predicted molar refractivity (Wildman–Crippen MR) is 74.1 cm³/mol. The molecule has 0 saturated heterocycles.